The van der Waals surface area contributed by atoms with Crippen LogP contribution in [0, 0.1) is 11.8 Å². The van der Waals surface area contributed by atoms with Crippen molar-refractivity contribution in [3.05, 3.63) is 59.9 Å². The molecule has 1 aromatic carbocycles. The number of aryl methyl sites for hydroxylation is 1. The fourth-order valence-corrected chi connectivity index (χ4v) is 4.88. The molecule has 2 saturated heterocycles. The Morgan fingerprint density at radius 1 is 0.893 bits per heavy atom. The van der Waals surface area contributed by atoms with Crippen LogP contribution in [-0.2, 0) is 13.6 Å². The first-order valence-electron chi connectivity index (χ1n) is 10.9. The summed E-state index contributed by atoms with van der Waals surface area (Å²) in [7, 11) is 2.05. The highest BCUT2D eigenvalue weighted by Crippen LogP contribution is 2.32. The second-order valence-electron chi connectivity index (χ2n) is 8.51. The molecular weight excluding hydrogens is 344 g/mol. The minimum absolute atomic E-state index is 0.935. The van der Waals surface area contributed by atoms with Crippen molar-refractivity contribution in [3.8, 4) is 0 Å². The average molecular weight is 379 g/mol. The number of rotatable bonds is 6. The molecular formula is C24H34N4. The third kappa shape index (κ3) is 5.12. The second-order valence-corrected chi connectivity index (χ2v) is 8.51. The quantitative estimate of drug-likeness (QED) is 0.758. The molecule has 4 rings (SSSR count). The molecule has 0 spiro atoms. The molecule has 0 amide bonds. The summed E-state index contributed by atoms with van der Waals surface area (Å²) in [4.78, 5) is 5.23. The van der Waals surface area contributed by atoms with Gasteiger partial charge in [0, 0.05) is 26.3 Å². The van der Waals surface area contributed by atoms with Crippen LogP contribution in [0.25, 0.3) is 6.08 Å². The molecule has 4 nitrogen and oxygen atoms in total. The molecule has 0 aliphatic carbocycles. The summed E-state index contributed by atoms with van der Waals surface area (Å²) in [5.74, 6) is 1.87. The van der Waals surface area contributed by atoms with Gasteiger partial charge in [0.05, 0.1) is 5.69 Å². The lowest BCUT2D eigenvalue weighted by atomic mass is 9.79. The predicted molar refractivity (Wildman–Crippen MR) is 116 cm³/mol. The van der Waals surface area contributed by atoms with Crippen LogP contribution in [0.4, 0.5) is 0 Å². The van der Waals surface area contributed by atoms with Gasteiger partial charge in [0.2, 0.25) is 0 Å². The number of piperidine rings is 2. The van der Waals surface area contributed by atoms with Crippen LogP contribution < -0.4 is 0 Å². The smallest absolute Gasteiger partial charge is 0.0521 e. The zero-order chi connectivity index (χ0) is 19.2. The SMILES string of the molecule is Cn1nccc1CN1CCC(C2CCN(C/C=C/c3ccccc3)CC2)CC1. The van der Waals surface area contributed by atoms with Crippen LogP contribution in [0.15, 0.2) is 48.7 Å². The molecule has 1 aromatic heterocycles. The molecule has 0 saturated carbocycles. The van der Waals surface area contributed by atoms with Gasteiger partial charge in [-0.3, -0.25) is 14.5 Å². The Labute approximate surface area is 169 Å². The Kier molecular flexibility index (Phi) is 6.61. The zero-order valence-corrected chi connectivity index (χ0v) is 17.2. The van der Waals surface area contributed by atoms with Gasteiger partial charge in [-0.15, -0.1) is 0 Å². The fraction of sp³-hybridized carbons (Fsp3) is 0.542. The highest BCUT2D eigenvalue weighted by atomic mass is 15.3. The number of hydrogen-bond acceptors (Lipinski definition) is 3. The van der Waals surface area contributed by atoms with Crippen LogP contribution in [0.1, 0.15) is 36.9 Å². The largest absolute Gasteiger partial charge is 0.300 e. The van der Waals surface area contributed by atoms with Gasteiger partial charge in [0.1, 0.15) is 0 Å². The first-order chi connectivity index (χ1) is 13.8. The minimum atomic E-state index is 0.935. The standard InChI is InChI=1S/C24H34N4/c1-26-24(9-14-25-26)20-28-18-12-23(13-19-28)22-10-16-27(17-11-22)15-5-8-21-6-3-2-4-7-21/h2-9,14,22-23H,10-13,15-20H2,1H3/b8-5+. The first kappa shape index (κ1) is 19.4. The van der Waals surface area contributed by atoms with Gasteiger partial charge >= 0.3 is 0 Å². The molecule has 0 atom stereocenters. The van der Waals surface area contributed by atoms with E-state index >= 15 is 0 Å². The molecule has 0 N–H and O–H groups in total. The Hall–Kier alpha value is -1.91. The van der Waals surface area contributed by atoms with E-state index in [4.69, 9.17) is 0 Å². The van der Waals surface area contributed by atoms with Gasteiger partial charge < -0.3 is 0 Å². The minimum Gasteiger partial charge on any atom is -0.300 e. The number of hydrogen-bond donors (Lipinski definition) is 0. The van der Waals surface area contributed by atoms with Crippen molar-refractivity contribution >= 4 is 6.08 Å². The van der Waals surface area contributed by atoms with Gasteiger partial charge in [-0.1, -0.05) is 42.5 Å². The van der Waals surface area contributed by atoms with E-state index in [1.807, 2.05) is 17.9 Å². The van der Waals surface area contributed by atoms with Crippen LogP contribution in [0.5, 0.6) is 0 Å². The van der Waals surface area contributed by atoms with Gasteiger partial charge in [-0.25, -0.2) is 0 Å². The van der Waals surface area contributed by atoms with E-state index in [2.05, 4.69) is 63.4 Å². The summed E-state index contributed by atoms with van der Waals surface area (Å²) >= 11 is 0. The van der Waals surface area contributed by atoms with Gasteiger partial charge in [-0.2, -0.15) is 5.10 Å². The monoisotopic (exact) mass is 378 g/mol. The normalized spacial score (nSPS) is 20.9. The molecule has 2 aromatic rings. The van der Waals surface area contributed by atoms with E-state index in [1.165, 1.54) is 63.1 Å². The van der Waals surface area contributed by atoms with E-state index in [0.717, 1.165) is 24.9 Å². The maximum Gasteiger partial charge on any atom is 0.0521 e. The van der Waals surface area contributed by atoms with E-state index in [9.17, 15) is 0 Å². The third-order valence-electron chi connectivity index (χ3n) is 6.71. The summed E-state index contributed by atoms with van der Waals surface area (Å²) in [5, 5.41) is 4.30. The van der Waals surface area contributed by atoms with Crippen LogP contribution in [0.3, 0.4) is 0 Å². The lowest BCUT2D eigenvalue weighted by molar-refractivity contribution is 0.0967. The number of aromatic nitrogens is 2. The average Bonchev–Trinajstić information content (AvgIpc) is 3.14. The molecule has 2 aliphatic rings. The number of likely N-dealkylation sites (tertiary alicyclic amines) is 2. The van der Waals surface area contributed by atoms with Gasteiger partial charge in [0.15, 0.2) is 0 Å². The summed E-state index contributed by atoms with van der Waals surface area (Å²) in [5.41, 5.74) is 2.63. The van der Waals surface area contributed by atoms with Crippen molar-refractivity contribution in [1.29, 1.82) is 0 Å². The first-order valence-corrected chi connectivity index (χ1v) is 10.9. The molecule has 4 heteroatoms. The number of nitrogens with zero attached hydrogens (tertiary/aromatic N) is 4. The van der Waals surface area contributed by atoms with Crippen LogP contribution in [-0.4, -0.2) is 52.3 Å². The molecule has 3 heterocycles. The van der Waals surface area contributed by atoms with E-state index < -0.39 is 0 Å². The van der Waals surface area contributed by atoms with Crippen LogP contribution >= 0.6 is 0 Å². The highest BCUT2D eigenvalue weighted by molar-refractivity contribution is 5.48. The molecule has 0 radical (unpaired) electrons. The van der Waals surface area contributed by atoms with Crippen molar-refractivity contribution in [3.63, 3.8) is 0 Å². The summed E-state index contributed by atoms with van der Waals surface area (Å²) < 4.78 is 2.01. The lowest BCUT2D eigenvalue weighted by Gasteiger charge is -2.40. The summed E-state index contributed by atoms with van der Waals surface area (Å²) in [6.45, 7) is 7.16. The third-order valence-corrected chi connectivity index (χ3v) is 6.71. The van der Waals surface area contributed by atoms with Crippen molar-refractivity contribution in [2.75, 3.05) is 32.7 Å². The zero-order valence-electron chi connectivity index (χ0n) is 17.2. The summed E-state index contributed by atoms with van der Waals surface area (Å²) in [6, 6.07) is 12.8. The topological polar surface area (TPSA) is 24.3 Å². The van der Waals surface area contributed by atoms with E-state index in [1.54, 1.807) is 0 Å². The predicted octanol–water partition coefficient (Wildman–Crippen LogP) is 4.06. The van der Waals surface area contributed by atoms with E-state index in [0.29, 0.717) is 0 Å². The molecule has 28 heavy (non-hydrogen) atoms. The van der Waals surface area contributed by atoms with Gasteiger partial charge in [0.25, 0.3) is 0 Å². The van der Waals surface area contributed by atoms with Crippen molar-refractivity contribution in [1.82, 2.24) is 19.6 Å². The fourth-order valence-electron chi connectivity index (χ4n) is 4.88. The maximum atomic E-state index is 4.30. The lowest BCUT2D eigenvalue weighted by Crippen LogP contribution is -2.40. The molecule has 0 unspecified atom stereocenters. The van der Waals surface area contributed by atoms with Crippen molar-refractivity contribution < 1.29 is 0 Å². The molecule has 2 fully saturated rings. The Bertz CT molecular complexity index is 735. The Morgan fingerprint density at radius 3 is 2.14 bits per heavy atom. The summed E-state index contributed by atoms with van der Waals surface area (Å²) in [6.07, 6.45) is 12.0. The van der Waals surface area contributed by atoms with Gasteiger partial charge in [-0.05, 0) is 75.3 Å². The Morgan fingerprint density at radius 2 is 1.54 bits per heavy atom. The molecule has 150 valence electrons. The highest BCUT2D eigenvalue weighted by Gasteiger charge is 2.29. The van der Waals surface area contributed by atoms with Crippen molar-refractivity contribution in [2.24, 2.45) is 18.9 Å². The van der Waals surface area contributed by atoms with Crippen LogP contribution in [0.2, 0.25) is 0 Å². The van der Waals surface area contributed by atoms with Crippen molar-refractivity contribution in [2.45, 2.75) is 32.2 Å². The molecule has 2 aliphatic heterocycles. The second kappa shape index (κ2) is 9.53. The maximum absolute atomic E-state index is 4.30. The van der Waals surface area contributed by atoms with E-state index in [-0.39, 0.29) is 0 Å². The Balaban J connectivity index is 1.17. The number of benzene rings is 1. The molecule has 0 bridgehead atoms.